The van der Waals surface area contributed by atoms with Crippen molar-refractivity contribution < 1.29 is 4.39 Å². The molecule has 2 rings (SSSR count). The molecule has 0 radical (unpaired) electrons. The molecule has 0 aliphatic carbocycles. The van der Waals surface area contributed by atoms with Gasteiger partial charge in [-0.3, -0.25) is 0 Å². The Hall–Kier alpha value is -1.09. The number of para-hydroxylation sites is 1. The van der Waals surface area contributed by atoms with E-state index in [9.17, 15) is 4.39 Å². The summed E-state index contributed by atoms with van der Waals surface area (Å²) < 4.78 is 13.9. The van der Waals surface area contributed by atoms with Gasteiger partial charge in [-0.05, 0) is 30.9 Å². The van der Waals surface area contributed by atoms with E-state index in [1.807, 2.05) is 6.07 Å². The normalized spacial score (nSPS) is 20.4. The number of hydrogen-bond acceptors (Lipinski definition) is 2. The predicted molar refractivity (Wildman–Crippen MR) is 65.0 cm³/mol. The highest BCUT2D eigenvalue weighted by Crippen LogP contribution is 2.32. The molecule has 2 N–H and O–H groups in total. The van der Waals surface area contributed by atoms with Crippen molar-refractivity contribution in [1.82, 2.24) is 0 Å². The quantitative estimate of drug-likeness (QED) is 0.852. The van der Waals surface area contributed by atoms with Crippen LogP contribution in [-0.4, -0.2) is 12.6 Å². The lowest BCUT2D eigenvalue weighted by Crippen LogP contribution is -2.30. The molecule has 1 aromatic carbocycles. The topological polar surface area (TPSA) is 29.3 Å². The van der Waals surface area contributed by atoms with E-state index in [1.54, 1.807) is 6.07 Å². The van der Waals surface area contributed by atoms with Gasteiger partial charge in [0, 0.05) is 19.1 Å². The smallest absolute Gasteiger partial charge is 0.146 e. The molecule has 0 spiro atoms. The Kier molecular flexibility index (Phi) is 3.44. The van der Waals surface area contributed by atoms with Crippen molar-refractivity contribution in [3.05, 3.63) is 29.6 Å². The van der Waals surface area contributed by atoms with Gasteiger partial charge in [-0.25, -0.2) is 4.39 Å². The van der Waals surface area contributed by atoms with Crippen LogP contribution in [0.5, 0.6) is 0 Å². The fraction of sp³-hybridized carbons (Fsp3) is 0.538. The maximum absolute atomic E-state index is 13.9. The van der Waals surface area contributed by atoms with Crippen LogP contribution in [0.25, 0.3) is 0 Å². The van der Waals surface area contributed by atoms with Gasteiger partial charge in [-0.1, -0.05) is 19.1 Å². The number of nitrogens with two attached hydrogens (primary N) is 1. The van der Waals surface area contributed by atoms with Gasteiger partial charge in [0.2, 0.25) is 0 Å². The number of hydrogen-bond donors (Lipinski definition) is 1. The standard InChI is InChI=1S/C13H19FN2/c1-2-11-6-4-8-16(11)13-10(9-15)5-3-7-12(13)14/h3,5,7,11H,2,4,6,8-9,15H2,1H3. The highest BCUT2D eigenvalue weighted by molar-refractivity contribution is 5.56. The third-order valence-electron chi connectivity index (χ3n) is 3.43. The first-order valence-electron chi connectivity index (χ1n) is 6.02. The molecule has 0 bridgehead atoms. The maximum atomic E-state index is 13.9. The Morgan fingerprint density at radius 1 is 1.50 bits per heavy atom. The molecule has 1 heterocycles. The van der Waals surface area contributed by atoms with Crippen LogP contribution in [0.15, 0.2) is 18.2 Å². The van der Waals surface area contributed by atoms with E-state index in [2.05, 4.69) is 11.8 Å². The first-order valence-corrected chi connectivity index (χ1v) is 6.02. The van der Waals surface area contributed by atoms with Crippen molar-refractivity contribution in [2.75, 3.05) is 11.4 Å². The van der Waals surface area contributed by atoms with E-state index in [0.717, 1.165) is 37.1 Å². The number of rotatable bonds is 3. The summed E-state index contributed by atoms with van der Waals surface area (Å²) in [6, 6.07) is 5.66. The predicted octanol–water partition coefficient (Wildman–Crippen LogP) is 2.66. The van der Waals surface area contributed by atoms with Crippen molar-refractivity contribution in [1.29, 1.82) is 0 Å². The van der Waals surface area contributed by atoms with Crippen LogP contribution in [0.2, 0.25) is 0 Å². The van der Waals surface area contributed by atoms with E-state index >= 15 is 0 Å². The second-order valence-electron chi connectivity index (χ2n) is 4.35. The molecule has 1 unspecified atom stereocenters. The summed E-state index contributed by atoms with van der Waals surface area (Å²) in [7, 11) is 0. The fourth-order valence-corrected chi connectivity index (χ4v) is 2.60. The Morgan fingerprint density at radius 3 is 3.00 bits per heavy atom. The summed E-state index contributed by atoms with van der Waals surface area (Å²) in [4.78, 5) is 2.19. The summed E-state index contributed by atoms with van der Waals surface area (Å²) >= 11 is 0. The minimum Gasteiger partial charge on any atom is -0.366 e. The number of anilines is 1. The minimum absolute atomic E-state index is 0.136. The van der Waals surface area contributed by atoms with Crippen LogP contribution in [0.1, 0.15) is 31.7 Å². The second kappa shape index (κ2) is 4.83. The fourth-order valence-electron chi connectivity index (χ4n) is 2.60. The molecule has 16 heavy (non-hydrogen) atoms. The first kappa shape index (κ1) is 11.4. The molecular weight excluding hydrogens is 203 g/mol. The summed E-state index contributed by atoms with van der Waals surface area (Å²) in [5, 5.41) is 0. The molecule has 1 fully saturated rings. The van der Waals surface area contributed by atoms with Crippen molar-refractivity contribution in [3.8, 4) is 0 Å². The van der Waals surface area contributed by atoms with Crippen LogP contribution < -0.4 is 10.6 Å². The van der Waals surface area contributed by atoms with Gasteiger partial charge in [0.15, 0.2) is 0 Å². The van der Waals surface area contributed by atoms with Gasteiger partial charge in [-0.2, -0.15) is 0 Å². The Labute approximate surface area is 96.2 Å². The monoisotopic (exact) mass is 222 g/mol. The zero-order valence-corrected chi connectivity index (χ0v) is 9.75. The molecule has 1 saturated heterocycles. The van der Waals surface area contributed by atoms with Crippen molar-refractivity contribution in [3.63, 3.8) is 0 Å². The van der Waals surface area contributed by atoms with Gasteiger partial charge in [-0.15, -0.1) is 0 Å². The zero-order chi connectivity index (χ0) is 11.5. The maximum Gasteiger partial charge on any atom is 0.146 e. The third kappa shape index (κ3) is 1.92. The minimum atomic E-state index is -0.136. The van der Waals surface area contributed by atoms with Crippen molar-refractivity contribution in [2.45, 2.75) is 38.8 Å². The first-order chi connectivity index (χ1) is 7.77. The number of nitrogens with zero attached hydrogens (tertiary/aromatic N) is 1. The van der Waals surface area contributed by atoms with Gasteiger partial charge in [0.1, 0.15) is 5.82 Å². The van der Waals surface area contributed by atoms with Crippen LogP contribution in [0, 0.1) is 5.82 Å². The van der Waals surface area contributed by atoms with Crippen LogP contribution in [0.4, 0.5) is 10.1 Å². The third-order valence-corrected chi connectivity index (χ3v) is 3.43. The average molecular weight is 222 g/mol. The lowest BCUT2D eigenvalue weighted by atomic mass is 10.1. The Balaban J connectivity index is 2.38. The average Bonchev–Trinajstić information content (AvgIpc) is 2.76. The second-order valence-corrected chi connectivity index (χ2v) is 4.35. The van der Waals surface area contributed by atoms with E-state index in [4.69, 9.17) is 5.73 Å². The molecule has 1 atom stereocenters. The van der Waals surface area contributed by atoms with Crippen LogP contribution >= 0.6 is 0 Å². The van der Waals surface area contributed by atoms with E-state index in [0.29, 0.717) is 12.6 Å². The van der Waals surface area contributed by atoms with Crippen LogP contribution in [-0.2, 0) is 6.54 Å². The summed E-state index contributed by atoms with van der Waals surface area (Å²) in [6.45, 7) is 3.51. The summed E-state index contributed by atoms with van der Waals surface area (Å²) in [5.41, 5.74) is 7.33. The lowest BCUT2D eigenvalue weighted by Gasteiger charge is -2.28. The Bertz CT molecular complexity index is 365. The highest BCUT2D eigenvalue weighted by atomic mass is 19.1. The molecule has 0 saturated carbocycles. The molecule has 1 aliphatic heterocycles. The SMILES string of the molecule is CCC1CCCN1c1c(F)cccc1CN. The molecule has 2 nitrogen and oxygen atoms in total. The van der Waals surface area contributed by atoms with E-state index in [1.165, 1.54) is 6.07 Å². The molecular formula is C13H19FN2. The van der Waals surface area contributed by atoms with Crippen molar-refractivity contribution >= 4 is 5.69 Å². The lowest BCUT2D eigenvalue weighted by molar-refractivity contribution is 0.594. The van der Waals surface area contributed by atoms with Crippen LogP contribution in [0.3, 0.4) is 0 Å². The molecule has 0 aromatic heterocycles. The van der Waals surface area contributed by atoms with Gasteiger partial charge < -0.3 is 10.6 Å². The van der Waals surface area contributed by atoms with Gasteiger partial charge >= 0.3 is 0 Å². The van der Waals surface area contributed by atoms with E-state index in [-0.39, 0.29) is 5.82 Å². The Morgan fingerprint density at radius 2 is 2.31 bits per heavy atom. The molecule has 88 valence electrons. The van der Waals surface area contributed by atoms with Gasteiger partial charge in [0.25, 0.3) is 0 Å². The number of halogens is 1. The molecule has 1 aromatic rings. The van der Waals surface area contributed by atoms with Crippen molar-refractivity contribution in [2.24, 2.45) is 5.73 Å². The number of benzene rings is 1. The zero-order valence-electron chi connectivity index (χ0n) is 9.75. The van der Waals surface area contributed by atoms with E-state index < -0.39 is 0 Å². The summed E-state index contributed by atoms with van der Waals surface area (Å²) in [6.07, 6.45) is 3.38. The molecule has 0 amide bonds. The van der Waals surface area contributed by atoms with Gasteiger partial charge in [0.05, 0.1) is 5.69 Å². The highest BCUT2D eigenvalue weighted by Gasteiger charge is 2.26. The summed E-state index contributed by atoms with van der Waals surface area (Å²) in [5.74, 6) is -0.136. The largest absolute Gasteiger partial charge is 0.366 e. The molecule has 1 aliphatic rings. The molecule has 3 heteroatoms.